The molecule has 0 amide bonds. The van der Waals surface area contributed by atoms with Gasteiger partial charge in [-0.25, -0.2) is 0 Å². The first kappa shape index (κ1) is 17.0. The summed E-state index contributed by atoms with van der Waals surface area (Å²) >= 11 is 0. The Kier molecular flexibility index (Phi) is 7.71. The summed E-state index contributed by atoms with van der Waals surface area (Å²) in [5.74, 6) is 0. The highest BCUT2D eigenvalue weighted by atomic mass is 16.1. The Morgan fingerprint density at radius 3 is 1.44 bits per heavy atom. The largest absolute Gasteiger partial charge is 0.319 e. The molecule has 0 fully saturated rings. The van der Waals surface area contributed by atoms with Gasteiger partial charge in [0.2, 0.25) is 0 Å². The fourth-order valence-corrected chi connectivity index (χ4v) is 1.56. The Hall–Kier alpha value is -1.00. The van der Waals surface area contributed by atoms with Gasteiger partial charge in [-0.1, -0.05) is 12.2 Å². The van der Waals surface area contributed by atoms with Crippen LogP contribution < -0.4 is 11.5 Å². The molecule has 2 unspecified atom stereocenters. The fourth-order valence-electron chi connectivity index (χ4n) is 1.56. The van der Waals surface area contributed by atoms with Crippen molar-refractivity contribution in [1.29, 1.82) is 0 Å². The molecule has 0 aliphatic rings. The normalized spacial score (nSPS) is 18.2. The van der Waals surface area contributed by atoms with E-state index in [0.29, 0.717) is 12.8 Å². The lowest BCUT2D eigenvalue weighted by molar-refractivity contribution is -0.112. The molecule has 0 rings (SSSR count). The minimum absolute atomic E-state index is 0.695. The van der Waals surface area contributed by atoms with Crippen LogP contribution in [0.5, 0.6) is 0 Å². The van der Waals surface area contributed by atoms with Crippen molar-refractivity contribution < 1.29 is 9.59 Å². The van der Waals surface area contributed by atoms with Crippen molar-refractivity contribution in [2.24, 2.45) is 11.5 Å². The predicted molar refractivity (Wildman–Crippen MR) is 74.2 cm³/mol. The topological polar surface area (TPSA) is 86.2 Å². The average molecular weight is 254 g/mol. The SMILES string of the molecule is CC(N)(C=O)CCC/C=C/CCCC(C)(N)C=O. The third-order valence-corrected chi connectivity index (χ3v) is 2.88. The Bertz CT molecular complexity index is 256. The molecule has 4 nitrogen and oxygen atoms in total. The molecule has 0 spiro atoms. The molecule has 18 heavy (non-hydrogen) atoms. The lowest BCUT2D eigenvalue weighted by Gasteiger charge is -2.15. The van der Waals surface area contributed by atoms with E-state index in [1.54, 1.807) is 13.8 Å². The fraction of sp³-hybridized carbons (Fsp3) is 0.714. The summed E-state index contributed by atoms with van der Waals surface area (Å²) in [5, 5.41) is 0. The van der Waals surface area contributed by atoms with Crippen molar-refractivity contribution in [3.05, 3.63) is 12.2 Å². The van der Waals surface area contributed by atoms with Gasteiger partial charge in [-0.2, -0.15) is 0 Å². The van der Waals surface area contributed by atoms with Gasteiger partial charge >= 0.3 is 0 Å². The van der Waals surface area contributed by atoms with Crippen LogP contribution in [-0.4, -0.2) is 23.7 Å². The van der Waals surface area contributed by atoms with Crippen molar-refractivity contribution in [2.45, 2.75) is 63.5 Å². The zero-order chi connectivity index (χ0) is 14.1. The van der Waals surface area contributed by atoms with Crippen LogP contribution in [0.3, 0.4) is 0 Å². The van der Waals surface area contributed by atoms with Crippen LogP contribution in [-0.2, 0) is 9.59 Å². The van der Waals surface area contributed by atoms with Gasteiger partial charge in [-0.3, -0.25) is 0 Å². The van der Waals surface area contributed by atoms with E-state index < -0.39 is 11.1 Å². The van der Waals surface area contributed by atoms with Crippen LogP contribution in [0.15, 0.2) is 12.2 Å². The monoisotopic (exact) mass is 254 g/mol. The Labute approximate surface area is 110 Å². The van der Waals surface area contributed by atoms with Crippen LogP contribution in [0, 0.1) is 0 Å². The van der Waals surface area contributed by atoms with E-state index in [9.17, 15) is 9.59 Å². The molecule has 0 aliphatic carbocycles. The molecule has 4 heteroatoms. The molecule has 0 aromatic heterocycles. The molecule has 104 valence electrons. The highest BCUT2D eigenvalue weighted by molar-refractivity contribution is 5.63. The summed E-state index contributed by atoms with van der Waals surface area (Å²) in [6.45, 7) is 3.48. The summed E-state index contributed by atoms with van der Waals surface area (Å²) in [4.78, 5) is 21.1. The standard InChI is InChI=1S/C14H26N2O2/c1-13(15,11-17)9-7-5-3-4-6-8-10-14(2,16)12-18/h3-4,11-12H,5-10,15-16H2,1-2H3/b4-3+. The van der Waals surface area contributed by atoms with Crippen LogP contribution in [0.25, 0.3) is 0 Å². The van der Waals surface area contributed by atoms with Crippen LogP contribution >= 0.6 is 0 Å². The maximum atomic E-state index is 10.6. The first-order valence-corrected chi connectivity index (χ1v) is 6.48. The highest BCUT2D eigenvalue weighted by Gasteiger charge is 2.16. The summed E-state index contributed by atoms with van der Waals surface area (Å²) in [7, 11) is 0. The number of carbonyl (C=O) groups is 2. The molecule has 2 atom stereocenters. The molecular formula is C14H26N2O2. The smallest absolute Gasteiger partial charge is 0.139 e. The van der Waals surface area contributed by atoms with E-state index in [2.05, 4.69) is 12.2 Å². The summed E-state index contributed by atoms with van der Waals surface area (Å²) in [5.41, 5.74) is 10.0. The van der Waals surface area contributed by atoms with Crippen molar-refractivity contribution in [1.82, 2.24) is 0 Å². The zero-order valence-electron chi connectivity index (χ0n) is 11.5. The van der Waals surface area contributed by atoms with Gasteiger partial charge in [0.15, 0.2) is 0 Å². The van der Waals surface area contributed by atoms with Gasteiger partial charge in [0, 0.05) is 0 Å². The van der Waals surface area contributed by atoms with Gasteiger partial charge in [0.1, 0.15) is 12.6 Å². The molecule has 0 aliphatic heterocycles. The summed E-state index contributed by atoms with van der Waals surface area (Å²) < 4.78 is 0. The average Bonchev–Trinajstić information content (AvgIpc) is 2.32. The Morgan fingerprint density at radius 2 is 1.17 bits per heavy atom. The molecule has 4 N–H and O–H groups in total. The van der Waals surface area contributed by atoms with Gasteiger partial charge in [-0.15, -0.1) is 0 Å². The van der Waals surface area contributed by atoms with Crippen molar-refractivity contribution in [3.8, 4) is 0 Å². The molecule has 0 saturated heterocycles. The molecule has 0 saturated carbocycles. The minimum Gasteiger partial charge on any atom is -0.319 e. The number of nitrogens with two attached hydrogens (primary N) is 2. The first-order chi connectivity index (χ1) is 8.33. The Balaban J connectivity index is 3.56. The lowest BCUT2D eigenvalue weighted by atomic mass is 9.97. The minimum atomic E-state index is -0.695. The maximum Gasteiger partial charge on any atom is 0.139 e. The first-order valence-electron chi connectivity index (χ1n) is 6.48. The van der Waals surface area contributed by atoms with Crippen molar-refractivity contribution in [2.75, 3.05) is 0 Å². The lowest BCUT2D eigenvalue weighted by Crippen LogP contribution is -2.37. The summed E-state index contributed by atoms with van der Waals surface area (Å²) in [6.07, 6.45) is 10.9. The van der Waals surface area contributed by atoms with E-state index in [0.717, 1.165) is 38.3 Å². The second-order valence-corrected chi connectivity index (χ2v) is 5.50. The predicted octanol–water partition coefficient (Wildman–Crippen LogP) is 1.72. The molecule has 0 radical (unpaired) electrons. The van der Waals surface area contributed by atoms with Gasteiger partial charge in [-0.05, 0) is 52.4 Å². The second-order valence-electron chi connectivity index (χ2n) is 5.50. The Morgan fingerprint density at radius 1 is 0.833 bits per heavy atom. The van der Waals surface area contributed by atoms with E-state index in [4.69, 9.17) is 11.5 Å². The van der Waals surface area contributed by atoms with Crippen LogP contribution in [0.1, 0.15) is 52.4 Å². The number of aldehydes is 2. The molecule has 0 aromatic rings. The highest BCUT2D eigenvalue weighted by Crippen LogP contribution is 2.10. The number of rotatable bonds is 10. The third-order valence-electron chi connectivity index (χ3n) is 2.88. The number of hydrogen-bond acceptors (Lipinski definition) is 4. The molecule has 0 heterocycles. The number of carbonyl (C=O) groups excluding carboxylic acids is 2. The third kappa shape index (κ3) is 9.07. The van der Waals surface area contributed by atoms with Crippen molar-refractivity contribution >= 4 is 12.6 Å². The van der Waals surface area contributed by atoms with Gasteiger partial charge in [0.25, 0.3) is 0 Å². The molecule has 0 bridgehead atoms. The van der Waals surface area contributed by atoms with Crippen LogP contribution in [0.2, 0.25) is 0 Å². The van der Waals surface area contributed by atoms with E-state index in [1.807, 2.05) is 0 Å². The molecular weight excluding hydrogens is 228 g/mol. The molecule has 0 aromatic carbocycles. The van der Waals surface area contributed by atoms with Gasteiger partial charge < -0.3 is 21.1 Å². The van der Waals surface area contributed by atoms with Crippen LogP contribution in [0.4, 0.5) is 0 Å². The number of allylic oxidation sites excluding steroid dienone is 2. The quantitative estimate of drug-likeness (QED) is 0.353. The van der Waals surface area contributed by atoms with E-state index >= 15 is 0 Å². The van der Waals surface area contributed by atoms with E-state index in [1.165, 1.54) is 0 Å². The maximum absolute atomic E-state index is 10.6. The van der Waals surface area contributed by atoms with Gasteiger partial charge in [0.05, 0.1) is 11.1 Å². The second kappa shape index (κ2) is 8.16. The number of hydrogen-bond donors (Lipinski definition) is 2. The summed E-state index contributed by atoms with van der Waals surface area (Å²) in [6, 6.07) is 0. The number of unbranched alkanes of at least 4 members (excludes halogenated alkanes) is 2. The van der Waals surface area contributed by atoms with E-state index in [-0.39, 0.29) is 0 Å². The zero-order valence-corrected chi connectivity index (χ0v) is 11.5. The van der Waals surface area contributed by atoms with Crippen molar-refractivity contribution in [3.63, 3.8) is 0 Å².